The lowest BCUT2D eigenvalue weighted by Gasteiger charge is -2.44. The fraction of sp³-hybridized carbons (Fsp3) is 0.381. The monoisotopic (exact) mass is 451 g/mol. The summed E-state index contributed by atoms with van der Waals surface area (Å²) in [6.45, 7) is 0.120. The molecule has 0 spiro atoms. The topological polar surface area (TPSA) is 89.9 Å². The lowest BCUT2D eigenvalue weighted by molar-refractivity contribution is -0.0115. The van der Waals surface area contributed by atoms with Crippen molar-refractivity contribution in [1.29, 1.82) is 0 Å². The molecule has 2 aliphatic heterocycles. The van der Waals surface area contributed by atoms with Crippen molar-refractivity contribution in [2.24, 2.45) is 0 Å². The van der Waals surface area contributed by atoms with Gasteiger partial charge in [0.1, 0.15) is 23.0 Å². The SMILES string of the molecule is COc1c2n(cc(C(=O)NCc3c(F)cc(F)cc3F)c1=O)[C@@H]1CCOC[C@H]1N(C)C2=O. The van der Waals surface area contributed by atoms with Crippen molar-refractivity contribution in [2.45, 2.75) is 25.0 Å². The average molecular weight is 451 g/mol. The molecule has 32 heavy (non-hydrogen) atoms. The number of benzene rings is 1. The number of hydrogen-bond acceptors (Lipinski definition) is 5. The van der Waals surface area contributed by atoms with Crippen LogP contribution in [0.25, 0.3) is 0 Å². The smallest absolute Gasteiger partial charge is 0.274 e. The van der Waals surface area contributed by atoms with Gasteiger partial charge in [-0.3, -0.25) is 14.4 Å². The summed E-state index contributed by atoms with van der Waals surface area (Å²) in [7, 11) is 2.82. The van der Waals surface area contributed by atoms with Gasteiger partial charge in [0.05, 0.1) is 25.8 Å². The molecule has 1 aromatic heterocycles. The normalized spacial score (nSPS) is 19.9. The Morgan fingerprint density at radius 2 is 1.91 bits per heavy atom. The van der Waals surface area contributed by atoms with Crippen molar-refractivity contribution in [2.75, 3.05) is 27.4 Å². The van der Waals surface area contributed by atoms with E-state index in [1.807, 2.05) is 0 Å². The number of hydrogen-bond donors (Lipinski definition) is 1. The van der Waals surface area contributed by atoms with Gasteiger partial charge in [0.2, 0.25) is 5.43 Å². The van der Waals surface area contributed by atoms with E-state index in [9.17, 15) is 27.6 Å². The van der Waals surface area contributed by atoms with Gasteiger partial charge in [0, 0.05) is 44.1 Å². The number of aromatic nitrogens is 1. The number of nitrogens with one attached hydrogen (secondary N) is 1. The van der Waals surface area contributed by atoms with Gasteiger partial charge in [-0.25, -0.2) is 13.2 Å². The molecule has 2 amide bonds. The summed E-state index contributed by atoms with van der Waals surface area (Å²) < 4.78 is 53.1. The van der Waals surface area contributed by atoms with Crippen molar-refractivity contribution in [1.82, 2.24) is 14.8 Å². The summed E-state index contributed by atoms with van der Waals surface area (Å²) in [4.78, 5) is 40.1. The number of carbonyl (C=O) groups excluding carboxylic acids is 2. The number of likely N-dealkylation sites (N-methyl/N-ethyl adjacent to an activating group) is 1. The minimum atomic E-state index is -1.17. The minimum Gasteiger partial charge on any atom is -0.491 e. The molecule has 1 fully saturated rings. The Labute approximate surface area is 180 Å². The Kier molecular flexibility index (Phi) is 5.68. The third kappa shape index (κ3) is 3.52. The summed E-state index contributed by atoms with van der Waals surface area (Å²) in [6, 6.07) is 0.438. The van der Waals surface area contributed by atoms with Crippen LogP contribution in [-0.4, -0.2) is 54.7 Å². The highest BCUT2D eigenvalue weighted by molar-refractivity contribution is 5.99. The van der Waals surface area contributed by atoms with Gasteiger partial charge in [-0.2, -0.15) is 0 Å². The summed E-state index contributed by atoms with van der Waals surface area (Å²) in [6.07, 6.45) is 1.80. The molecule has 1 N–H and O–H groups in total. The molecule has 0 bridgehead atoms. The van der Waals surface area contributed by atoms with Crippen molar-refractivity contribution < 1.29 is 32.2 Å². The van der Waals surface area contributed by atoms with E-state index in [1.54, 1.807) is 11.6 Å². The lowest BCUT2D eigenvalue weighted by atomic mass is 9.96. The summed E-state index contributed by atoms with van der Waals surface area (Å²) >= 11 is 0. The van der Waals surface area contributed by atoms with Gasteiger partial charge >= 0.3 is 0 Å². The molecule has 2 atom stereocenters. The van der Waals surface area contributed by atoms with Crippen molar-refractivity contribution in [3.8, 4) is 5.75 Å². The maximum absolute atomic E-state index is 13.9. The lowest BCUT2D eigenvalue weighted by Crippen LogP contribution is -2.54. The average Bonchev–Trinajstić information content (AvgIpc) is 2.76. The van der Waals surface area contributed by atoms with Gasteiger partial charge in [0.15, 0.2) is 11.4 Å². The minimum absolute atomic E-state index is 0.0234. The van der Waals surface area contributed by atoms with Gasteiger partial charge in [-0.15, -0.1) is 0 Å². The van der Waals surface area contributed by atoms with Crippen molar-refractivity contribution in [3.63, 3.8) is 0 Å². The molecule has 3 heterocycles. The van der Waals surface area contributed by atoms with E-state index in [0.717, 1.165) is 0 Å². The molecule has 1 saturated heterocycles. The van der Waals surface area contributed by atoms with Gasteiger partial charge < -0.3 is 24.3 Å². The molecule has 1 aromatic carbocycles. The first-order chi connectivity index (χ1) is 15.2. The van der Waals surface area contributed by atoms with E-state index in [0.29, 0.717) is 31.8 Å². The Balaban J connectivity index is 1.72. The van der Waals surface area contributed by atoms with E-state index in [1.165, 1.54) is 18.2 Å². The first-order valence-corrected chi connectivity index (χ1v) is 9.84. The van der Waals surface area contributed by atoms with Gasteiger partial charge in [0.25, 0.3) is 11.8 Å². The largest absolute Gasteiger partial charge is 0.491 e. The fourth-order valence-corrected chi connectivity index (χ4v) is 4.16. The van der Waals surface area contributed by atoms with Crippen LogP contribution in [0, 0.1) is 17.5 Å². The highest BCUT2D eigenvalue weighted by Gasteiger charge is 2.42. The van der Waals surface area contributed by atoms with Crippen LogP contribution in [0.3, 0.4) is 0 Å². The second-order valence-corrected chi connectivity index (χ2v) is 7.61. The molecule has 0 radical (unpaired) electrons. The number of ether oxygens (including phenoxy) is 2. The molecule has 4 rings (SSSR count). The van der Waals surface area contributed by atoms with Crippen molar-refractivity contribution >= 4 is 11.8 Å². The predicted molar refractivity (Wildman–Crippen MR) is 105 cm³/mol. The van der Waals surface area contributed by atoms with Gasteiger partial charge in [-0.05, 0) is 6.42 Å². The number of nitrogens with zero attached hydrogens (tertiary/aromatic N) is 2. The zero-order chi connectivity index (χ0) is 23.2. The molecule has 2 aromatic rings. The second kappa shape index (κ2) is 8.30. The van der Waals surface area contributed by atoms with E-state index in [4.69, 9.17) is 9.47 Å². The predicted octanol–water partition coefficient (Wildman–Crippen LogP) is 1.62. The highest BCUT2D eigenvalue weighted by Crippen LogP contribution is 2.34. The van der Waals surface area contributed by atoms with E-state index in [-0.39, 0.29) is 29.1 Å². The Hall–Kier alpha value is -3.34. The zero-order valence-corrected chi connectivity index (χ0v) is 17.3. The van der Waals surface area contributed by atoms with Gasteiger partial charge in [-0.1, -0.05) is 0 Å². The zero-order valence-electron chi connectivity index (χ0n) is 17.3. The molecular weight excluding hydrogens is 431 g/mol. The number of rotatable bonds is 4. The highest BCUT2D eigenvalue weighted by atomic mass is 19.1. The number of halogens is 3. The summed E-state index contributed by atoms with van der Waals surface area (Å²) in [5, 5.41) is 2.28. The molecule has 0 aliphatic carbocycles. The third-order valence-corrected chi connectivity index (χ3v) is 5.84. The van der Waals surface area contributed by atoms with Crippen LogP contribution in [0.5, 0.6) is 5.75 Å². The molecule has 0 saturated carbocycles. The maximum Gasteiger partial charge on any atom is 0.274 e. The first kappa shape index (κ1) is 21.9. The number of amides is 2. The van der Waals surface area contributed by atoms with Crippen LogP contribution in [0.15, 0.2) is 23.1 Å². The Morgan fingerprint density at radius 3 is 2.56 bits per heavy atom. The molecular formula is C21H20F3N3O5. The van der Waals surface area contributed by atoms with E-state index < -0.39 is 46.8 Å². The summed E-state index contributed by atoms with van der Waals surface area (Å²) in [5.41, 5.74) is -1.71. The van der Waals surface area contributed by atoms with E-state index in [2.05, 4.69) is 5.32 Å². The fourth-order valence-electron chi connectivity index (χ4n) is 4.16. The summed E-state index contributed by atoms with van der Waals surface area (Å²) in [5.74, 6) is -5.08. The van der Waals surface area contributed by atoms with E-state index >= 15 is 0 Å². The number of pyridine rings is 1. The first-order valence-electron chi connectivity index (χ1n) is 9.84. The molecule has 11 heteroatoms. The van der Waals surface area contributed by atoms with Crippen LogP contribution in [0.1, 0.15) is 38.9 Å². The standard InChI is InChI=1S/C21H20F3N3O5/c1-26-16-9-32-4-3-15(16)27-8-12(18(28)19(31-2)17(27)21(26)30)20(29)25-7-11-13(23)5-10(22)6-14(11)24/h5-6,8,15-16H,3-4,7,9H2,1-2H3,(H,25,29)/t15-,16-/m1/s1. The quantitative estimate of drug-likeness (QED) is 0.763. The van der Waals surface area contributed by atoms with Crippen LogP contribution < -0.4 is 15.5 Å². The second-order valence-electron chi connectivity index (χ2n) is 7.61. The van der Waals surface area contributed by atoms with Crippen LogP contribution in [0.4, 0.5) is 13.2 Å². The Morgan fingerprint density at radius 1 is 1.22 bits per heavy atom. The van der Waals surface area contributed by atoms with Crippen LogP contribution in [0.2, 0.25) is 0 Å². The molecule has 170 valence electrons. The number of carbonyl (C=O) groups is 2. The number of fused-ring (bicyclic) bond motifs is 3. The maximum atomic E-state index is 13.9. The number of methoxy groups -OCH3 is 1. The molecule has 8 nitrogen and oxygen atoms in total. The van der Waals surface area contributed by atoms with Crippen LogP contribution >= 0.6 is 0 Å². The Bertz CT molecular complexity index is 1140. The van der Waals surface area contributed by atoms with Crippen LogP contribution in [-0.2, 0) is 11.3 Å². The third-order valence-electron chi connectivity index (χ3n) is 5.84. The molecule has 2 aliphatic rings. The van der Waals surface area contributed by atoms with Crippen molar-refractivity contribution in [3.05, 3.63) is 62.8 Å². The molecule has 0 unspecified atom stereocenters.